The van der Waals surface area contributed by atoms with Crippen LogP contribution < -0.4 is 9.47 Å². The molecule has 6 nitrogen and oxygen atoms in total. The molecule has 0 radical (unpaired) electrons. The molecule has 1 aliphatic carbocycles. The molecule has 0 fully saturated rings. The number of benzene rings is 2. The maximum atomic E-state index is 12.5. The zero-order chi connectivity index (χ0) is 28.5. The Balaban J connectivity index is 1.74. The molecule has 40 heavy (non-hydrogen) atoms. The van der Waals surface area contributed by atoms with Gasteiger partial charge in [-0.2, -0.15) is 4.57 Å². The van der Waals surface area contributed by atoms with E-state index in [0.717, 1.165) is 52.9 Å². The van der Waals surface area contributed by atoms with Crippen LogP contribution in [0.4, 0.5) is 5.69 Å². The normalized spacial score (nSPS) is 15.4. The SMILES string of the molecule is CC(=O)N(/C=C1\CCCC(/C=C(\c2ccccc2)c2cccc[n+]2CCCCS(=O)(=O)[O-])=C1Cl)c1ccccc1. The van der Waals surface area contributed by atoms with Crippen molar-refractivity contribution < 1.29 is 22.3 Å². The molecular formula is C32H33ClN2O4S. The molecule has 1 heterocycles. The van der Waals surface area contributed by atoms with Gasteiger partial charge in [0.15, 0.2) is 6.20 Å². The van der Waals surface area contributed by atoms with E-state index in [1.54, 1.807) is 11.8 Å². The van der Waals surface area contributed by atoms with Crippen LogP contribution >= 0.6 is 11.6 Å². The lowest BCUT2D eigenvalue weighted by molar-refractivity contribution is -0.699. The van der Waals surface area contributed by atoms with Crippen LogP contribution in [0.1, 0.15) is 50.3 Å². The Hall–Kier alpha value is -3.52. The molecule has 1 amide bonds. The topological polar surface area (TPSA) is 81.4 Å². The minimum absolute atomic E-state index is 0.0917. The number of rotatable bonds is 10. The van der Waals surface area contributed by atoms with Crippen molar-refractivity contribution in [2.75, 3.05) is 10.7 Å². The van der Waals surface area contributed by atoms with Gasteiger partial charge in [0.25, 0.3) is 0 Å². The predicted octanol–water partition coefficient (Wildman–Crippen LogP) is 6.35. The maximum Gasteiger partial charge on any atom is 0.227 e. The van der Waals surface area contributed by atoms with Crippen LogP contribution in [0.3, 0.4) is 0 Å². The smallest absolute Gasteiger partial charge is 0.227 e. The van der Waals surface area contributed by atoms with Crippen LogP contribution in [-0.2, 0) is 21.5 Å². The largest absolute Gasteiger partial charge is 0.748 e. The Morgan fingerprint density at radius 2 is 1.65 bits per heavy atom. The van der Waals surface area contributed by atoms with Crippen molar-refractivity contribution >= 4 is 38.9 Å². The number of amides is 1. The average Bonchev–Trinajstić information content (AvgIpc) is 2.95. The zero-order valence-corrected chi connectivity index (χ0v) is 24.1. The fraction of sp³-hybridized carbons (Fsp3) is 0.250. The Bertz CT molecular complexity index is 1530. The standard InChI is InChI=1S/C32H33ClN2O4S/c1-25(36)35(29-17-6-3-7-18-29)24-28-16-12-15-27(32(28)33)23-30(26-13-4-2-5-14-26)31-19-8-9-20-34(31)21-10-11-22-40(37,38)39/h2-9,13-14,17-20,23-24H,10-12,15-16,21-22H2,1H3. The summed E-state index contributed by atoms with van der Waals surface area (Å²) >= 11 is 7.02. The van der Waals surface area contributed by atoms with E-state index in [2.05, 4.69) is 10.6 Å². The molecule has 1 aromatic heterocycles. The van der Waals surface area contributed by atoms with Gasteiger partial charge in [0.1, 0.15) is 6.54 Å². The minimum atomic E-state index is -4.23. The summed E-state index contributed by atoms with van der Waals surface area (Å²) in [7, 11) is -4.23. The van der Waals surface area contributed by atoms with Crippen molar-refractivity contribution in [2.24, 2.45) is 0 Å². The van der Waals surface area contributed by atoms with Gasteiger partial charge >= 0.3 is 0 Å². The number of allylic oxidation sites excluding steroid dienone is 4. The molecule has 0 saturated heterocycles. The summed E-state index contributed by atoms with van der Waals surface area (Å²) in [6.45, 7) is 2.11. The molecule has 8 heteroatoms. The van der Waals surface area contributed by atoms with E-state index < -0.39 is 10.1 Å². The Morgan fingerprint density at radius 1 is 0.975 bits per heavy atom. The van der Waals surface area contributed by atoms with Gasteiger partial charge in [0, 0.05) is 48.1 Å². The monoisotopic (exact) mass is 576 g/mol. The van der Waals surface area contributed by atoms with E-state index in [1.807, 2.05) is 91.3 Å². The van der Waals surface area contributed by atoms with E-state index in [9.17, 15) is 17.8 Å². The maximum absolute atomic E-state index is 12.5. The molecule has 3 aromatic rings. The molecule has 1 aliphatic rings. The molecule has 0 atom stereocenters. The number of hydrogen-bond acceptors (Lipinski definition) is 4. The van der Waals surface area contributed by atoms with Crippen molar-refractivity contribution in [2.45, 2.75) is 45.6 Å². The molecule has 2 aromatic carbocycles. The second-order valence-electron chi connectivity index (χ2n) is 9.74. The van der Waals surface area contributed by atoms with Gasteiger partial charge in [-0.15, -0.1) is 0 Å². The van der Waals surface area contributed by atoms with Crippen LogP contribution in [-0.4, -0.2) is 24.6 Å². The number of pyridine rings is 1. The fourth-order valence-corrected chi connectivity index (χ4v) is 5.67. The van der Waals surface area contributed by atoms with Gasteiger partial charge in [-0.05, 0) is 66.7 Å². The lowest BCUT2D eigenvalue weighted by Gasteiger charge is -2.22. The number of halogens is 1. The van der Waals surface area contributed by atoms with Crippen molar-refractivity contribution in [1.82, 2.24) is 0 Å². The van der Waals surface area contributed by atoms with Gasteiger partial charge in [-0.3, -0.25) is 9.69 Å². The van der Waals surface area contributed by atoms with Crippen molar-refractivity contribution in [1.29, 1.82) is 0 Å². The lowest BCUT2D eigenvalue weighted by atomic mass is 9.91. The van der Waals surface area contributed by atoms with Gasteiger partial charge in [0.05, 0.1) is 15.7 Å². The third-order valence-electron chi connectivity index (χ3n) is 6.78. The highest BCUT2D eigenvalue weighted by Crippen LogP contribution is 2.36. The van der Waals surface area contributed by atoms with Gasteiger partial charge in [0.2, 0.25) is 11.6 Å². The Labute approximate surface area is 241 Å². The van der Waals surface area contributed by atoms with Crippen molar-refractivity contribution in [3.8, 4) is 0 Å². The summed E-state index contributed by atoms with van der Waals surface area (Å²) in [6.07, 6.45) is 9.26. The second kappa shape index (κ2) is 13.7. The molecular weight excluding hydrogens is 544 g/mol. The predicted molar refractivity (Wildman–Crippen MR) is 158 cm³/mol. The number of para-hydroxylation sites is 1. The molecule has 0 saturated carbocycles. The van der Waals surface area contributed by atoms with Gasteiger partial charge < -0.3 is 4.55 Å². The first-order valence-corrected chi connectivity index (χ1v) is 15.3. The Morgan fingerprint density at radius 3 is 2.33 bits per heavy atom. The third kappa shape index (κ3) is 8.01. The van der Waals surface area contributed by atoms with E-state index in [4.69, 9.17) is 11.6 Å². The molecule has 0 bridgehead atoms. The number of carbonyl (C=O) groups is 1. The number of hydrogen-bond donors (Lipinski definition) is 0. The summed E-state index contributed by atoms with van der Waals surface area (Å²) in [5, 5.41) is 0.644. The first-order chi connectivity index (χ1) is 19.2. The van der Waals surface area contributed by atoms with E-state index in [1.165, 1.54) is 0 Å². The average molecular weight is 577 g/mol. The summed E-state index contributed by atoms with van der Waals surface area (Å²) in [5.74, 6) is -0.458. The number of unbranched alkanes of at least 4 members (excludes halogenated alkanes) is 1. The van der Waals surface area contributed by atoms with Crippen LogP contribution in [0.25, 0.3) is 5.57 Å². The van der Waals surface area contributed by atoms with Crippen molar-refractivity contribution in [3.63, 3.8) is 0 Å². The summed E-state index contributed by atoms with van der Waals surface area (Å²) in [4.78, 5) is 14.1. The van der Waals surface area contributed by atoms with Gasteiger partial charge in [-0.25, -0.2) is 8.42 Å². The first-order valence-electron chi connectivity index (χ1n) is 13.4. The zero-order valence-electron chi connectivity index (χ0n) is 22.5. The fourth-order valence-electron chi connectivity index (χ4n) is 4.82. The summed E-state index contributed by atoms with van der Waals surface area (Å²) < 4.78 is 35.2. The minimum Gasteiger partial charge on any atom is -0.748 e. The number of aromatic nitrogens is 1. The number of anilines is 1. The van der Waals surface area contributed by atoms with Crippen LogP contribution in [0.15, 0.2) is 114 Å². The lowest BCUT2D eigenvalue weighted by Crippen LogP contribution is -2.38. The Kier molecular flexibility index (Phi) is 10.1. The van der Waals surface area contributed by atoms with Crippen molar-refractivity contribution in [3.05, 3.63) is 125 Å². The first kappa shape index (κ1) is 29.5. The molecule has 0 unspecified atom stereocenters. The highest BCUT2D eigenvalue weighted by atomic mass is 35.5. The van der Waals surface area contributed by atoms with E-state index in [-0.39, 0.29) is 11.7 Å². The quantitative estimate of drug-likeness (QED) is 0.160. The molecule has 4 rings (SSSR count). The third-order valence-corrected chi connectivity index (χ3v) is 8.05. The van der Waals surface area contributed by atoms with E-state index >= 15 is 0 Å². The molecule has 0 N–H and O–H groups in total. The van der Waals surface area contributed by atoms with Crippen LogP contribution in [0.5, 0.6) is 0 Å². The van der Waals surface area contributed by atoms with E-state index in [0.29, 0.717) is 24.4 Å². The number of aryl methyl sites for hydroxylation is 1. The van der Waals surface area contributed by atoms with Gasteiger partial charge in [-0.1, -0.05) is 60.1 Å². The summed E-state index contributed by atoms with van der Waals surface area (Å²) in [5.41, 5.74) is 5.65. The van der Waals surface area contributed by atoms with Crippen LogP contribution in [0, 0.1) is 0 Å². The number of nitrogens with zero attached hydrogens (tertiary/aromatic N) is 2. The molecule has 0 aliphatic heterocycles. The highest BCUT2D eigenvalue weighted by Gasteiger charge is 2.22. The second-order valence-corrected chi connectivity index (χ2v) is 11.6. The molecule has 0 spiro atoms. The molecule has 208 valence electrons. The summed E-state index contributed by atoms with van der Waals surface area (Å²) in [6, 6.07) is 25.5. The number of carbonyl (C=O) groups excluding carboxylic acids is 1. The van der Waals surface area contributed by atoms with Crippen LogP contribution in [0.2, 0.25) is 0 Å². The highest BCUT2D eigenvalue weighted by molar-refractivity contribution is 7.85.